The van der Waals surface area contributed by atoms with Crippen LogP contribution in [0, 0.1) is 0 Å². The minimum atomic E-state index is -0.403. The van der Waals surface area contributed by atoms with E-state index in [1.165, 1.54) is 11.8 Å². The van der Waals surface area contributed by atoms with Gasteiger partial charge in [0.25, 0.3) is 5.91 Å². The Morgan fingerprint density at radius 3 is 2.61 bits per heavy atom. The molecule has 1 N–H and O–H groups in total. The van der Waals surface area contributed by atoms with Crippen molar-refractivity contribution in [2.45, 2.75) is 33.2 Å². The molecule has 1 atom stereocenters. The minimum absolute atomic E-state index is 0.0445. The lowest BCUT2D eigenvalue weighted by molar-refractivity contribution is -0.127. The summed E-state index contributed by atoms with van der Waals surface area (Å²) in [6, 6.07) is 7.16. The van der Waals surface area contributed by atoms with E-state index in [-0.39, 0.29) is 18.2 Å². The zero-order valence-electron chi connectivity index (χ0n) is 19.9. The van der Waals surface area contributed by atoms with Crippen LogP contribution in [0.2, 0.25) is 5.02 Å². The van der Waals surface area contributed by atoms with Crippen molar-refractivity contribution in [3.05, 3.63) is 57.2 Å². The summed E-state index contributed by atoms with van der Waals surface area (Å²) in [5, 5.41) is 6.30. The molecule has 2 aliphatic rings. The van der Waals surface area contributed by atoms with Gasteiger partial charge >= 0.3 is 0 Å². The number of nitrogens with one attached hydrogen (secondary N) is 1. The Morgan fingerprint density at radius 1 is 1.24 bits per heavy atom. The molecule has 178 valence electrons. The van der Waals surface area contributed by atoms with Crippen LogP contribution in [0.4, 0.5) is 0 Å². The number of carbonyl (C=O) groups excluding carboxylic acids is 2. The first-order valence-corrected chi connectivity index (χ1v) is 12.4. The molecule has 7 nitrogen and oxygen atoms in total. The Bertz CT molecular complexity index is 1000. The largest absolute Gasteiger partial charge is 0.354 e. The number of amides is 2. The summed E-state index contributed by atoms with van der Waals surface area (Å²) >= 11 is 7.82. The number of hydrogen-bond acceptors (Lipinski definition) is 6. The van der Waals surface area contributed by atoms with Gasteiger partial charge in [-0.1, -0.05) is 35.5 Å². The molecule has 0 saturated carbocycles. The molecule has 0 fully saturated rings. The van der Waals surface area contributed by atoms with E-state index in [2.05, 4.69) is 5.32 Å². The first-order chi connectivity index (χ1) is 15.8. The van der Waals surface area contributed by atoms with Gasteiger partial charge in [-0.2, -0.15) is 0 Å². The van der Waals surface area contributed by atoms with Crippen LogP contribution in [0.25, 0.3) is 0 Å². The van der Waals surface area contributed by atoms with Gasteiger partial charge in [0.2, 0.25) is 5.91 Å². The van der Waals surface area contributed by atoms with Crippen LogP contribution in [-0.2, 0) is 9.59 Å². The first-order valence-electron chi connectivity index (χ1n) is 11.2. The van der Waals surface area contributed by atoms with Crippen molar-refractivity contribution in [1.82, 2.24) is 20.0 Å². The quantitative estimate of drug-likeness (QED) is 0.570. The van der Waals surface area contributed by atoms with Crippen molar-refractivity contribution in [1.29, 1.82) is 0 Å². The molecule has 0 aliphatic carbocycles. The normalized spacial score (nSPS) is 17.7. The van der Waals surface area contributed by atoms with E-state index in [4.69, 9.17) is 16.6 Å². The van der Waals surface area contributed by atoms with E-state index in [1.54, 1.807) is 4.90 Å². The van der Waals surface area contributed by atoms with Gasteiger partial charge in [0.15, 0.2) is 5.17 Å². The van der Waals surface area contributed by atoms with E-state index < -0.39 is 6.04 Å². The van der Waals surface area contributed by atoms with Gasteiger partial charge in [0.05, 0.1) is 23.7 Å². The Labute approximate surface area is 205 Å². The molecular weight excluding hydrogens is 458 g/mol. The van der Waals surface area contributed by atoms with E-state index in [9.17, 15) is 9.59 Å². The fourth-order valence-corrected chi connectivity index (χ4v) is 5.13. The molecule has 1 aromatic carbocycles. The second-order valence-electron chi connectivity index (χ2n) is 8.26. The van der Waals surface area contributed by atoms with Crippen LogP contribution in [0.5, 0.6) is 0 Å². The monoisotopic (exact) mass is 489 g/mol. The maximum Gasteiger partial charge on any atom is 0.254 e. The first kappa shape index (κ1) is 25.3. The Balaban J connectivity index is 1.97. The van der Waals surface area contributed by atoms with Gasteiger partial charge in [-0.15, -0.1) is 0 Å². The number of nitrogens with zero attached hydrogens (tertiary/aromatic N) is 4. The molecule has 0 aromatic heterocycles. The molecule has 0 saturated heterocycles. The minimum Gasteiger partial charge on any atom is -0.354 e. The molecule has 0 spiro atoms. The number of amidine groups is 1. The summed E-state index contributed by atoms with van der Waals surface area (Å²) in [5.74, 6) is -0.102. The predicted octanol–water partition coefficient (Wildman–Crippen LogP) is 3.85. The third kappa shape index (κ3) is 5.80. The van der Waals surface area contributed by atoms with Crippen LogP contribution in [0.15, 0.2) is 51.6 Å². The maximum atomic E-state index is 13.6. The number of fused-ring (bicyclic) bond motifs is 1. The molecule has 1 aromatic rings. The topological polar surface area (TPSA) is 68.2 Å². The molecule has 0 bridgehead atoms. The SMILES string of the molecule is CCN(CC)C(=O)C1=C(C)N=C2SC=C(CC(=O)NCCN(C)C)N2C1c1cccc(Cl)c1. The zero-order valence-corrected chi connectivity index (χ0v) is 21.5. The Kier molecular flexibility index (Phi) is 8.62. The van der Waals surface area contributed by atoms with Crippen molar-refractivity contribution in [2.24, 2.45) is 4.99 Å². The van der Waals surface area contributed by atoms with Crippen molar-refractivity contribution in [2.75, 3.05) is 40.3 Å². The lowest BCUT2D eigenvalue weighted by Gasteiger charge is -2.38. The highest BCUT2D eigenvalue weighted by Gasteiger charge is 2.41. The van der Waals surface area contributed by atoms with E-state index in [1.807, 2.05) is 74.3 Å². The third-order valence-corrected chi connectivity index (χ3v) is 6.79. The van der Waals surface area contributed by atoms with Crippen molar-refractivity contribution in [3.63, 3.8) is 0 Å². The summed E-state index contributed by atoms with van der Waals surface area (Å²) in [4.78, 5) is 36.9. The maximum absolute atomic E-state index is 13.6. The summed E-state index contributed by atoms with van der Waals surface area (Å²) < 4.78 is 0. The molecule has 2 amide bonds. The number of rotatable bonds is 9. The number of aliphatic imine (C=N–C) groups is 1. The van der Waals surface area contributed by atoms with Gasteiger partial charge in [-0.25, -0.2) is 4.99 Å². The number of benzene rings is 1. The van der Waals surface area contributed by atoms with Crippen LogP contribution >= 0.6 is 23.4 Å². The number of halogens is 1. The molecular formula is C24H32ClN5O2S. The van der Waals surface area contributed by atoms with Gasteiger partial charge in [0.1, 0.15) is 0 Å². The lowest BCUT2D eigenvalue weighted by Crippen LogP contribution is -2.42. The van der Waals surface area contributed by atoms with E-state index in [0.29, 0.717) is 35.9 Å². The lowest BCUT2D eigenvalue weighted by atomic mass is 9.92. The highest BCUT2D eigenvalue weighted by Crippen LogP contribution is 2.45. The molecule has 0 radical (unpaired) electrons. The molecule has 9 heteroatoms. The third-order valence-electron chi connectivity index (χ3n) is 5.67. The van der Waals surface area contributed by atoms with Crippen LogP contribution < -0.4 is 5.32 Å². The van der Waals surface area contributed by atoms with E-state index >= 15 is 0 Å². The number of likely N-dealkylation sites (N-methyl/N-ethyl adjacent to an activating group) is 2. The van der Waals surface area contributed by atoms with Gasteiger partial charge in [0, 0.05) is 36.9 Å². The summed E-state index contributed by atoms with van der Waals surface area (Å²) in [5.41, 5.74) is 3.03. The summed E-state index contributed by atoms with van der Waals surface area (Å²) in [6.45, 7) is 8.39. The molecule has 33 heavy (non-hydrogen) atoms. The second-order valence-corrected chi connectivity index (χ2v) is 9.53. The summed E-state index contributed by atoms with van der Waals surface area (Å²) in [6.07, 6.45) is 0.211. The van der Waals surface area contributed by atoms with Gasteiger partial charge in [-0.05, 0) is 58.0 Å². The average Bonchev–Trinajstić information content (AvgIpc) is 3.15. The van der Waals surface area contributed by atoms with Crippen LogP contribution in [0.3, 0.4) is 0 Å². The highest BCUT2D eigenvalue weighted by atomic mass is 35.5. The fraction of sp³-hybridized carbons (Fsp3) is 0.458. The van der Waals surface area contributed by atoms with Crippen LogP contribution in [-0.4, -0.2) is 72.0 Å². The van der Waals surface area contributed by atoms with Gasteiger partial charge in [-0.3, -0.25) is 9.59 Å². The molecule has 1 unspecified atom stereocenters. The Hall–Kier alpha value is -2.29. The average molecular weight is 490 g/mol. The highest BCUT2D eigenvalue weighted by molar-refractivity contribution is 8.16. The van der Waals surface area contributed by atoms with Crippen molar-refractivity contribution < 1.29 is 9.59 Å². The molecule has 2 aliphatic heterocycles. The number of carbonyl (C=O) groups is 2. The number of thioether (sulfide) groups is 1. The number of allylic oxidation sites excluding steroid dienone is 1. The predicted molar refractivity (Wildman–Crippen MR) is 136 cm³/mol. The second kappa shape index (κ2) is 11.2. The van der Waals surface area contributed by atoms with Crippen molar-refractivity contribution >= 4 is 40.3 Å². The van der Waals surface area contributed by atoms with Gasteiger partial charge < -0.3 is 20.0 Å². The molecule has 3 rings (SSSR count). The van der Waals surface area contributed by atoms with Crippen LogP contribution in [0.1, 0.15) is 38.8 Å². The zero-order chi connectivity index (χ0) is 24.1. The smallest absolute Gasteiger partial charge is 0.254 e. The Morgan fingerprint density at radius 2 is 1.97 bits per heavy atom. The standard InChI is InChI=1S/C24H32ClN5O2S/c1-6-29(7-2)23(32)21-16(3)27-24-30(22(21)17-9-8-10-18(25)13-17)19(15-33-24)14-20(31)26-11-12-28(4)5/h8-10,13,15,22H,6-7,11-12,14H2,1-5H3,(H,26,31). The van der Waals surface area contributed by atoms with Crippen molar-refractivity contribution in [3.8, 4) is 0 Å². The fourth-order valence-electron chi connectivity index (χ4n) is 3.96. The number of hydrogen-bond donors (Lipinski definition) is 1. The van der Waals surface area contributed by atoms with E-state index in [0.717, 1.165) is 23.0 Å². The molecule has 2 heterocycles. The summed E-state index contributed by atoms with van der Waals surface area (Å²) in [7, 11) is 3.94.